The van der Waals surface area contributed by atoms with Crippen molar-refractivity contribution in [1.82, 2.24) is 9.88 Å². The zero-order valence-corrected chi connectivity index (χ0v) is 14.2. The van der Waals surface area contributed by atoms with Gasteiger partial charge in [0.1, 0.15) is 4.64 Å². The first kappa shape index (κ1) is 15.9. The number of hydrogen-bond acceptors (Lipinski definition) is 2. The number of rotatable bonds is 3. The van der Waals surface area contributed by atoms with Crippen LogP contribution in [0.3, 0.4) is 0 Å². The lowest BCUT2D eigenvalue weighted by molar-refractivity contribution is 0.0672. The Morgan fingerprint density at radius 1 is 1.30 bits per heavy atom. The van der Waals surface area contributed by atoms with Crippen molar-refractivity contribution in [3.8, 4) is 0 Å². The van der Waals surface area contributed by atoms with E-state index in [1.165, 1.54) is 17.5 Å². The molecular weight excluding hydrogens is 304 g/mol. The first-order valence-electron chi connectivity index (χ1n) is 8.16. The van der Waals surface area contributed by atoms with Crippen molar-refractivity contribution in [3.63, 3.8) is 0 Å². The summed E-state index contributed by atoms with van der Waals surface area (Å²) < 4.78 is 0.526. The fourth-order valence-electron chi connectivity index (χ4n) is 3.23. The van der Waals surface area contributed by atoms with Crippen LogP contribution in [0.25, 0.3) is 0 Å². The van der Waals surface area contributed by atoms with Crippen molar-refractivity contribution in [2.24, 2.45) is 5.92 Å². The van der Waals surface area contributed by atoms with Gasteiger partial charge in [-0.15, -0.1) is 0 Å². The molecule has 2 aromatic rings. The third-order valence-corrected chi connectivity index (χ3v) is 4.84. The maximum absolute atomic E-state index is 12.7. The van der Waals surface area contributed by atoms with Gasteiger partial charge in [0.25, 0.3) is 5.91 Å². The highest BCUT2D eigenvalue weighted by Gasteiger charge is 2.25. The molecule has 0 spiro atoms. The molecule has 23 heavy (non-hydrogen) atoms. The highest BCUT2D eigenvalue weighted by Crippen LogP contribution is 2.22. The second-order valence-corrected chi connectivity index (χ2v) is 6.77. The SMILES string of the molecule is Cc1ccc(C[C@H]2CCCN(C(=O)c3ccc[nH]c3=S)C2)cc1. The van der Waals surface area contributed by atoms with Crippen LogP contribution in [0.4, 0.5) is 0 Å². The van der Waals surface area contributed by atoms with E-state index in [0.29, 0.717) is 16.1 Å². The van der Waals surface area contributed by atoms with E-state index in [1.807, 2.05) is 17.0 Å². The number of piperidine rings is 1. The predicted octanol–water partition coefficient (Wildman–Crippen LogP) is 4.15. The minimum atomic E-state index is 0.0560. The minimum Gasteiger partial charge on any atom is -0.352 e. The molecule has 3 nitrogen and oxygen atoms in total. The van der Waals surface area contributed by atoms with Crippen molar-refractivity contribution < 1.29 is 4.79 Å². The number of benzene rings is 1. The van der Waals surface area contributed by atoms with Crippen LogP contribution in [-0.2, 0) is 6.42 Å². The van der Waals surface area contributed by atoms with E-state index in [2.05, 4.69) is 36.2 Å². The van der Waals surface area contributed by atoms with Crippen LogP contribution in [0, 0.1) is 17.5 Å². The van der Waals surface area contributed by atoms with E-state index in [4.69, 9.17) is 12.2 Å². The molecule has 1 aliphatic rings. The number of aromatic amines is 1. The maximum atomic E-state index is 12.7. The summed E-state index contributed by atoms with van der Waals surface area (Å²) >= 11 is 5.24. The Labute approximate surface area is 142 Å². The van der Waals surface area contributed by atoms with Gasteiger partial charge in [0.15, 0.2) is 0 Å². The molecule has 1 fully saturated rings. The third-order valence-electron chi connectivity index (χ3n) is 4.50. The number of H-pyrrole nitrogens is 1. The minimum absolute atomic E-state index is 0.0560. The summed E-state index contributed by atoms with van der Waals surface area (Å²) in [5.74, 6) is 0.581. The van der Waals surface area contributed by atoms with E-state index in [0.717, 1.165) is 25.9 Å². The smallest absolute Gasteiger partial charge is 0.256 e. The van der Waals surface area contributed by atoms with E-state index in [9.17, 15) is 4.79 Å². The lowest BCUT2D eigenvalue weighted by Crippen LogP contribution is -2.40. The molecule has 120 valence electrons. The molecule has 1 N–H and O–H groups in total. The van der Waals surface area contributed by atoms with Crippen molar-refractivity contribution in [1.29, 1.82) is 0 Å². The van der Waals surface area contributed by atoms with E-state index in [1.54, 1.807) is 6.20 Å². The summed E-state index contributed by atoms with van der Waals surface area (Å²) in [7, 11) is 0. The zero-order valence-electron chi connectivity index (χ0n) is 13.4. The number of aryl methyl sites for hydroxylation is 1. The van der Waals surface area contributed by atoms with Gasteiger partial charge in [-0.3, -0.25) is 4.79 Å². The largest absolute Gasteiger partial charge is 0.352 e. The zero-order chi connectivity index (χ0) is 16.2. The lowest BCUT2D eigenvalue weighted by Gasteiger charge is -2.33. The van der Waals surface area contributed by atoms with Crippen LogP contribution in [0.5, 0.6) is 0 Å². The predicted molar refractivity (Wildman–Crippen MR) is 95.1 cm³/mol. The van der Waals surface area contributed by atoms with Crippen molar-refractivity contribution in [2.45, 2.75) is 26.2 Å². The number of carbonyl (C=O) groups excluding carboxylic acids is 1. The molecule has 0 bridgehead atoms. The second-order valence-electron chi connectivity index (χ2n) is 6.36. The number of hydrogen-bond donors (Lipinski definition) is 1. The molecule has 0 unspecified atom stereocenters. The Balaban J connectivity index is 1.68. The Bertz CT molecular complexity index is 736. The average Bonchev–Trinajstić information content (AvgIpc) is 2.57. The number of aromatic nitrogens is 1. The average molecular weight is 326 g/mol. The second kappa shape index (κ2) is 7.09. The number of nitrogens with zero attached hydrogens (tertiary/aromatic N) is 1. The molecule has 3 rings (SSSR count). The highest BCUT2D eigenvalue weighted by atomic mass is 32.1. The number of pyridine rings is 1. The molecule has 4 heteroatoms. The normalized spacial score (nSPS) is 18.0. The summed E-state index contributed by atoms with van der Waals surface area (Å²) in [6.07, 6.45) is 5.03. The van der Waals surface area contributed by atoms with E-state index < -0.39 is 0 Å². The van der Waals surface area contributed by atoms with Gasteiger partial charge < -0.3 is 9.88 Å². The molecule has 0 aliphatic carbocycles. The van der Waals surface area contributed by atoms with Crippen molar-refractivity contribution >= 4 is 18.1 Å². The van der Waals surface area contributed by atoms with Crippen molar-refractivity contribution in [3.05, 3.63) is 63.9 Å². The maximum Gasteiger partial charge on any atom is 0.256 e. The molecule has 1 atom stereocenters. The van der Waals surface area contributed by atoms with Gasteiger partial charge in [-0.2, -0.15) is 0 Å². The van der Waals surface area contributed by atoms with Gasteiger partial charge in [0.05, 0.1) is 5.56 Å². The Hall–Kier alpha value is -1.94. The molecule has 1 saturated heterocycles. The summed E-state index contributed by atoms with van der Waals surface area (Å²) in [6, 6.07) is 12.4. The van der Waals surface area contributed by atoms with Gasteiger partial charge in [0.2, 0.25) is 0 Å². The van der Waals surface area contributed by atoms with Crippen LogP contribution in [0.1, 0.15) is 34.3 Å². The monoisotopic (exact) mass is 326 g/mol. The Morgan fingerprint density at radius 3 is 2.83 bits per heavy atom. The molecule has 2 heterocycles. The van der Waals surface area contributed by atoms with Crippen LogP contribution >= 0.6 is 12.2 Å². The standard InChI is InChI=1S/C19H22N2OS/c1-14-6-8-15(9-7-14)12-16-4-3-11-21(13-16)19(22)17-5-2-10-20-18(17)23/h2,5-10,16H,3-4,11-13H2,1H3,(H,20,23)/t16-/m1/s1. The number of nitrogens with one attached hydrogen (secondary N) is 1. The van der Waals surface area contributed by atoms with Crippen LogP contribution in [0.2, 0.25) is 0 Å². The topological polar surface area (TPSA) is 36.1 Å². The summed E-state index contributed by atoms with van der Waals surface area (Å²) in [5, 5.41) is 0. The molecule has 1 aromatic heterocycles. The highest BCUT2D eigenvalue weighted by molar-refractivity contribution is 7.71. The summed E-state index contributed by atoms with van der Waals surface area (Å²) in [4.78, 5) is 17.6. The van der Waals surface area contributed by atoms with E-state index in [-0.39, 0.29) is 5.91 Å². The van der Waals surface area contributed by atoms with Gasteiger partial charge in [-0.25, -0.2) is 0 Å². The number of amides is 1. The first-order chi connectivity index (χ1) is 11.1. The Morgan fingerprint density at radius 2 is 2.09 bits per heavy atom. The fourth-order valence-corrected chi connectivity index (χ4v) is 3.46. The Kier molecular flexibility index (Phi) is 4.91. The molecule has 0 radical (unpaired) electrons. The number of likely N-dealkylation sites (tertiary alicyclic amines) is 1. The van der Waals surface area contributed by atoms with Gasteiger partial charge in [0, 0.05) is 19.3 Å². The fraction of sp³-hybridized carbons (Fsp3) is 0.368. The summed E-state index contributed by atoms with van der Waals surface area (Å²) in [6.45, 7) is 3.75. The van der Waals surface area contributed by atoms with Gasteiger partial charge >= 0.3 is 0 Å². The van der Waals surface area contributed by atoms with Crippen molar-refractivity contribution in [2.75, 3.05) is 13.1 Å². The molecular formula is C19H22N2OS. The first-order valence-corrected chi connectivity index (χ1v) is 8.57. The lowest BCUT2D eigenvalue weighted by atomic mass is 9.91. The third kappa shape index (κ3) is 3.88. The van der Waals surface area contributed by atoms with Crippen LogP contribution in [0.15, 0.2) is 42.6 Å². The summed E-state index contributed by atoms with van der Waals surface area (Å²) in [5.41, 5.74) is 3.25. The van der Waals surface area contributed by atoms with Gasteiger partial charge in [-0.1, -0.05) is 42.0 Å². The molecule has 1 aromatic carbocycles. The number of carbonyl (C=O) groups is 1. The van der Waals surface area contributed by atoms with Gasteiger partial charge in [-0.05, 0) is 49.8 Å². The quantitative estimate of drug-likeness (QED) is 0.860. The van der Waals surface area contributed by atoms with Crippen LogP contribution < -0.4 is 0 Å². The molecule has 1 aliphatic heterocycles. The van der Waals surface area contributed by atoms with Crippen LogP contribution in [-0.4, -0.2) is 28.9 Å². The van der Waals surface area contributed by atoms with E-state index >= 15 is 0 Å². The molecule has 1 amide bonds. The molecule has 0 saturated carbocycles.